The average Bonchev–Trinajstić information content (AvgIpc) is 2.67. The maximum atomic E-state index is 12.6. The number of thioether (sulfide) groups is 1. The van der Waals surface area contributed by atoms with Crippen molar-refractivity contribution in [3.05, 3.63) is 0 Å². The minimum atomic E-state index is -0.462. The maximum Gasteiger partial charge on any atom is 0.327 e. The summed E-state index contributed by atoms with van der Waals surface area (Å²) in [5, 5.41) is 3.42. The number of nitrogens with one attached hydrogen (secondary N) is 1. The molecule has 4 nitrogen and oxygen atoms in total. The maximum absolute atomic E-state index is 12.6. The quantitative estimate of drug-likeness (QED) is 0.776. The Bertz CT molecular complexity index is 327. The molecule has 0 radical (unpaired) electrons. The number of hydrogen-bond acceptors (Lipinski definition) is 5. The van der Waals surface area contributed by atoms with Gasteiger partial charge in [-0.25, -0.2) is 4.79 Å². The Morgan fingerprint density at radius 3 is 2.79 bits per heavy atom. The largest absolute Gasteiger partial charge is 0.468 e. The van der Waals surface area contributed by atoms with Crippen LogP contribution in [0.15, 0.2) is 0 Å². The summed E-state index contributed by atoms with van der Waals surface area (Å²) in [6.45, 7) is 8.36. The van der Waals surface area contributed by atoms with Gasteiger partial charge in [0.15, 0.2) is 0 Å². The van der Waals surface area contributed by atoms with Gasteiger partial charge in [-0.3, -0.25) is 4.90 Å². The minimum absolute atomic E-state index is 0.0321. The van der Waals surface area contributed by atoms with Gasteiger partial charge in [0.05, 0.1) is 7.11 Å². The molecule has 2 saturated heterocycles. The summed E-state index contributed by atoms with van der Waals surface area (Å²) in [5.74, 6) is 1.94. The molecule has 19 heavy (non-hydrogen) atoms. The Hall–Kier alpha value is -0.260. The number of nitrogens with zero attached hydrogens (tertiary/aromatic N) is 1. The SMILES string of the molecule is COC(=O)C1(N2CCCNCC2)CSCCC1(C)C. The minimum Gasteiger partial charge on any atom is -0.468 e. The third-order valence-corrected chi connectivity index (χ3v) is 5.82. The summed E-state index contributed by atoms with van der Waals surface area (Å²) in [4.78, 5) is 15.0. The van der Waals surface area contributed by atoms with Gasteiger partial charge in [0.25, 0.3) is 0 Å². The highest BCUT2D eigenvalue weighted by molar-refractivity contribution is 7.99. The molecule has 0 aromatic rings. The zero-order valence-corrected chi connectivity index (χ0v) is 13.1. The lowest BCUT2D eigenvalue weighted by Crippen LogP contribution is -2.67. The van der Waals surface area contributed by atoms with E-state index < -0.39 is 5.54 Å². The first-order valence-electron chi connectivity index (χ1n) is 7.16. The van der Waals surface area contributed by atoms with Crippen LogP contribution >= 0.6 is 11.8 Å². The van der Waals surface area contributed by atoms with E-state index in [-0.39, 0.29) is 11.4 Å². The highest BCUT2D eigenvalue weighted by atomic mass is 32.2. The molecule has 2 heterocycles. The Morgan fingerprint density at radius 2 is 2.11 bits per heavy atom. The summed E-state index contributed by atoms with van der Waals surface area (Å²) in [7, 11) is 1.52. The van der Waals surface area contributed by atoms with E-state index in [9.17, 15) is 4.79 Å². The number of methoxy groups -OCH3 is 1. The number of carbonyl (C=O) groups is 1. The Kier molecular flexibility index (Phi) is 4.79. The highest BCUT2D eigenvalue weighted by Crippen LogP contribution is 2.46. The number of ether oxygens (including phenoxy) is 1. The summed E-state index contributed by atoms with van der Waals surface area (Å²) in [5.41, 5.74) is -0.494. The second kappa shape index (κ2) is 6.02. The summed E-state index contributed by atoms with van der Waals surface area (Å²) >= 11 is 1.89. The molecule has 110 valence electrons. The second-order valence-corrected chi connectivity index (χ2v) is 7.23. The van der Waals surface area contributed by atoms with Crippen molar-refractivity contribution >= 4 is 17.7 Å². The van der Waals surface area contributed by atoms with Crippen molar-refractivity contribution in [3.8, 4) is 0 Å². The van der Waals surface area contributed by atoms with Gasteiger partial charge in [0.2, 0.25) is 0 Å². The predicted octanol–water partition coefficient (Wildman–Crippen LogP) is 1.36. The third-order valence-electron chi connectivity index (χ3n) is 4.70. The highest BCUT2D eigenvalue weighted by Gasteiger charge is 2.57. The Balaban J connectivity index is 2.34. The van der Waals surface area contributed by atoms with E-state index in [1.807, 2.05) is 11.8 Å². The molecule has 0 saturated carbocycles. The number of esters is 1. The van der Waals surface area contributed by atoms with Gasteiger partial charge in [-0.05, 0) is 30.6 Å². The van der Waals surface area contributed by atoms with Crippen molar-refractivity contribution < 1.29 is 9.53 Å². The van der Waals surface area contributed by atoms with Crippen LogP contribution in [0.4, 0.5) is 0 Å². The van der Waals surface area contributed by atoms with E-state index in [1.54, 1.807) is 0 Å². The monoisotopic (exact) mass is 286 g/mol. The first kappa shape index (κ1) is 15.1. The van der Waals surface area contributed by atoms with E-state index in [4.69, 9.17) is 4.74 Å². The molecule has 5 heteroatoms. The Morgan fingerprint density at radius 1 is 1.32 bits per heavy atom. The van der Waals surface area contributed by atoms with Crippen LogP contribution in [0, 0.1) is 5.41 Å². The first-order valence-corrected chi connectivity index (χ1v) is 8.32. The molecule has 0 aromatic carbocycles. The van der Waals surface area contributed by atoms with Crippen molar-refractivity contribution in [2.45, 2.75) is 32.2 Å². The van der Waals surface area contributed by atoms with Gasteiger partial charge in [0, 0.05) is 25.4 Å². The van der Waals surface area contributed by atoms with Crippen LogP contribution in [-0.4, -0.2) is 61.2 Å². The smallest absolute Gasteiger partial charge is 0.327 e. The molecule has 0 spiro atoms. The van der Waals surface area contributed by atoms with E-state index in [2.05, 4.69) is 24.1 Å². The lowest BCUT2D eigenvalue weighted by molar-refractivity contribution is -0.163. The van der Waals surface area contributed by atoms with Crippen LogP contribution in [0.5, 0.6) is 0 Å². The Labute approximate surface area is 120 Å². The van der Waals surface area contributed by atoms with Gasteiger partial charge in [-0.2, -0.15) is 11.8 Å². The van der Waals surface area contributed by atoms with Crippen LogP contribution in [0.25, 0.3) is 0 Å². The van der Waals surface area contributed by atoms with Crippen molar-refractivity contribution in [3.63, 3.8) is 0 Å². The molecule has 2 fully saturated rings. The molecule has 0 aromatic heterocycles. The lowest BCUT2D eigenvalue weighted by atomic mass is 9.69. The molecule has 1 N–H and O–H groups in total. The van der Waals surface area contributed by atoms with Crippen LogP contribution in [0.3, 0.4) is 0 Å². The van der Waals surface area contributed by atoms with E-state index >= 15 is 0 Å². The molecule has 1 atom stereocenters. The fourth-order valence-electron chi connectivity index (χ4n) is 3.33. The molecule has 0 bridgehead atoms. The standard InChI is InChI=1S/C14H26N2O2S/c1-13(2)5-10-19-11-14(13,12(17)18-3)16-8-4-6-15-7-9-16/h15H,4-11H2,1-3H3. The normalized spacial score (nSPS) is 32.6. The zero-order valence-electron chi connectivity index (χ0n) is 12.3. The fraction of sp³-hybridized carbons (Fsp3) is 0.929. The number of rotatable bonds is 2. The number of carbonyl (C=O) groups excluding carboxylic acids is 1. The molecule has 1 unspecified atom stereocenters. The molecular weight excluding hydrogens is 260 g/mol. The average molecular weight is 286 g/mol. The molecule has 0 aliphatic carbocycles. The lowest BCUT2D eigenvalue weighted by Gasteiger charge is -2.53. The zero-order chi connectivity index (χ0) is 13.9. The van der Waals surface area contributed by atoms with Crippen LogP contribution < -0.4 is 5.32 Å². The summed E-state index contributed by atoms with van der Waals surface area (Å²) in [6, 6.07) is 0. The van der Waals surface area contributed by atoms with Crippen molar-refractivity contribution in [1.29, 1.82) is 0 Å². The van der Waals surface area contributed by atoms with Gasteiger partial charge in [-0.15, -0.1) is 0 Å². The van der Waals surface area contributed by atoms with E-state index in [1.165, 1.54) is 7.11 Å². The van der Waals surface area contributed by atoms with E-state index in [0.717, 1.165) is 50.5 Å². The molecular formula is C14H26N2O2S. The predicted molar refractivity (Wildman–Crippen MR) is 79.5 cm³/mol. The summed E-state index contributed by atoms with van der Waals surface area (Å²) in [6.07, 6.45) is 2.16. The molecule has 0 amide bonds. The number of hydrogen-bond donors (Lipinski definition) is 1. The van der Waals surface area contributed by atoms with Crippen molar-refractivity contribution in [2.24, 2.45) is 5.41 Å². The summed E-state index contributed by atoms with van der Waals surface area (Å²) < 4.78 is 5.21. The molecule has 2 rings (SSSR count). The van der Waals surface area contributed by atoms with Crippen LogP contribution in [-0.2, 0) is 9.53 Å². The van der Waals surface area contributed by atoms with Crippen molar-refractivity contribution in [1.82, 2.24) is 10.2 Å². The van der Waals surface area contributed by atoms with Crippen molar-refractivity contribution in [2.75, 3.05) is 44.8 Å². The van der Waals surface area contributed by atoms with Crippen LogP contribution in [0.2, 0.25) is 0 Å². The molecule has 2 aliphatic rings. The second-order valence-electron chi connectivity index (χ2n) is 6.13. The fourth-order valence-corrected chi connectivity index (χ4v) is 5.11. The van der Waals surface area contributed by atoms with Gasteiger partial charge >= 0.3 is 5.97 Å². The van der Waals surface area contributed by atoms with Gasteiger partial charge in [-0.1, -0.05) is 13.8 Å². The van der Waals surface area contributed by atoms with Gasteiger partial charge in [0.1, 0.15) is 5.54 Å². The van der Waals surface area contributed by atoms with Crippen LogP contribution in [0.1, 0.15) is 26.7 Å². The first-order chi connectivity index (χ1) is 9.04. The third kappa shape index (κ3) is 2.65. The molecule has 2 aliphatic heterocycles. The van der Waals surface area contributed by atoms with Gasteiger partial charge < -0.3 is 10.1 Å². The van der Waals surface area contributed by atoms with E-state index in [0.29, 0.717) is 0 Å². The topological polar surface area (TPSA) is 41.6 Å².